The van der Waals surface area contributed by atoms with Crippen molar-refractivity contribution in [3.8, 4) is 0 Å². The van der Waals surface area contributed by atoms with Gasteiger partial charge in [-0.2, -0.15) is 13.5 Å². The molecule has 7 nitrogen and oxygen atoms in total. The van der Waals surface area contributed by atoms with E-state index >= 15 is 0 Å². The molecule has 1 amide bonds. The lowest BCUT2D eigenvalue weighted by Crippen LogP contribution is -2.28. The third-order valence-corrected chi connectivity index (χ3v) is 3.79. The molecule has 9 heteroatoms. The molecule has 0 spiro atoms. The summed E-state index contributed by atoms with van der Waals surface area (Å²) in [5.74, 6) is -0.991. The van der Waals surface area contributed by atoms with Crippen LogP contribution < -0.4 is 4.90 Å². The predicted molar refractivity (Wildman–Crippen MR) is 64.7 cm³/mol. The van der Waals surface area contributed by atoms with Crippen LogP contribution in [0.5, 0.6) is 0 Å². The summed E-state index contributed by atoms with van der Waals surface area (Å²) in [5, 5.41) is 12.8. The molecule has 19 heavy (non-hydrogen) atoms. The van der Waals surface area contributed by atoms with Crippen molar-refractivity contribution in [1.82, 2.24) is 9.78 Å². The maximum Gasteiger partial charge on any atom is 0.302 e. The van der Waals surface area contributed by atoms with Crippen molar-refractivity contribution in [1.29, 1.82) is 0 Å². The zero-order chi connectivity index (χ0) is 14.0. The van der Waals surface area contributed by atoms with Crippen molar-refractivity contribution in [3.63, 3.8) is 0 Å². The smallest absolute Gasteiger partial charge is 0.302 e. The van der Waals surface area contributed by atoms with E-state index in [1.165, 1.54) is 15.8 Å². The van der Waals surface area contributed by atoms with Gasteiger partial charge in [0, 0.05) is 24.9 Å². The third kappa shape index (κ3) is 3.29. The standard InChI is InChI=1S/C10H14FN3O4S/c11-19(17,18)7-8-5-10(16)13(6-8)9-1-2-12-14(9)3-4-15/h1-2,8,15H,3-7H2. The monoisotopic (exact) mass is 291 g/mol. The largest absolute Gasteiger partial charge is 0.394 e. The molecular formula is C10H14FN3O4S. The number of carbonyl (C=O) groups excluding carboxylic acids is 1. The Labute approximate surface area is 109 Å². The van der Waals surface area contributed by atoms with Crippen LogP contribution in [-0.4, -0.2) is 48.1 Å². The van der Waals surface area contributed by atoms with Crippen molar-refractivity contribution in [2.24, 2.45) is 5.92 Å². The number of anilines is 1. The van der Waals surface area contributed by atoms with Gasteiger partial charge in [-0.3, -0.25) is 9.69 Å². The van der Waals surface area contributed by atoms with Crippen LogP contribution in [0.2, 0.25) is 0 Å². The first kappa shape index (κ1) is 13.9. The summed E-state index contributed by atoms with van der Waals surface area (Å²) in [7, 11) is -4.58. The minimum absolute atomic E-state index is 0.00649. The zero-order valence-electron chi connectivity index (χ0n) is 10.1. The summed E-state index contributed by atoms with van der Waals surface area (Å²) in [6.07, 6.45) is 1.48. The molecule has 2 heterocycles. The third-order valence-electron chi connectivity index (χ3n) is 2.92. The molecule has 1 fully saturated rings. The van der Waals surface area contributed by atoms with E-state index in [0.717, 1.165) is 0 Å². The number of carbonyl (C=O) groups is 1. The lowest BCUT2D eigenvalue weighted by Gasteiger charge is -2.17. The van der Waals surface area contributed by atoms with E-state index in [4.69, 9.17) is 5.11 Å². The molecule has 106 valence electrons. The number of halogens is 1. The topological polar surface area (TPSA) is 92.5 Å². The maximum absolute atomic E-state index is 12.6. The molecule has 1 N–H and O–H groups in total. The minimum Gasteiger partial charge on any atom is -0.394 e. The second kappa shape index (κ2) is 5.25. The van der Waals surface area contributed by atoms with Gasteiger partial charge in [0.15, 0.2) is 0 Å². The van der Waals surface area contributed by atoms with E-state index in [9.17, 15) is 17.1 Å². The Morgan fingerprint density at radius 1 is 1.53 bits per heavy atom. The van der Waals surface area contributed by atoms with E-state index in [1.807, 2.05) is 0 Å². The van der Waals surface area contributed by atoms with Gasteiger partial charge >= 0.3 is 10.2 Å². The second-order valence-corrected chi connectivity index (χ2v) is 5.83. The highest BCUT2D eigenvalue weighted by Gasteiger charge is 2.34. The highest BCUT2D eigenvalue weighted by Crippen LogP contribution is 2.26. The summed E-state index contributed by atoms with van der Waals surface area (Å²) in [6.45, 7) is 0.246. The first-order valence-corrected chi connectivity index (χ1v) is 7.31. The SMILES string of the molecule is O=C1CC(CS(=O)(=O)F)CN1c1ccnn1CCO. The summed E-state index contributed by atoms with van der Waals surface area (Å²) >= 11 is 0. The Kier molecular flexibility index (Phi) is 3.85. The molecule has 0 bridgehead atoms. The van der Waals surface area contributed by atoms with Crippen LogP contribution in [0.4, 0.5) is 9.70 Å². The number of hydrogen-bond acceptors (Lipinski definition) is 5. The molecule has 0 saturated carbocycles. The fourth-order valence-electron chi connectivity index (χ4n) is 2.22. The van der Waals surface area contributed by atoms with Crippen LogP contribution in [0.15, 0.2) is 12.3 Å². The number of nitrogens with zero attached hydrogens (tertiary/aromatic N) is 3. The molecule has 1 atom stereocenters. The Morgan fingerprint density at radius 3 is 2.89 bits per heavy atom. The van der Waals surface area contributed by atoms with Crippen LogP contribution in [0.1, 0.15) is 6.42 Å². The maximum atomic E-state index is 12.6. The molecule has 0 aliphatic carbocycles. The molecule has 1 saturated heterocycles. The molecule has 1 aromatic rings. The lowest BCUT2D eigenvalue weighted by atomic mass is 10.1. The second-order valence-electron chi connectivity index (χ2n) is 4.42. The van der Waals surface area contributed by atoms with Gasteiger partial charge in [0.1, 0.15) is 5.82 Å². The van der Waals surface area contributed by atoms with Crippen LogP contribution in [0.3, 0.4) is 0 Å². The molecule has 1 unspecified atom stereocenters. The van der Waals surface area contributed by atoms with Crippen molar-refractivity contribution in [2.75, 3.05) is 23.8 Å². The Hall–Kier alpha value is -1.48. The van der Waals surface area contributed by atoms with Crippen molar-refractivity contribution < 1.29 is 22.2 Å². The van der Waals surface area contributed by atoms with Crippen molar-refractivity contribution >= 4 is 21.9 Å². The van der Waals surface area contributed by atoms with E-state index in [-0.39, 0.29) is 32.0 Å². The molecule has 2 rings (SSSR count). The van der Waals surface area contributed by atoms with Gasteiger partial charge in [-0.25, -0.2) is 4.68 Å². The van der Waals surface area contributed by atoms with Crippen LogP contribution in [0, 0.1) is 5.92 Å². The van der Waals surface area contributed by atoms with E-state index in [2.05, 4.69) is 5.10 Å². The lowest BCUT2D eigenvalue weighted by molar-refractivity contribution is -0.117. The fraction of sp³-hybridized carbons (Fsp3) is 0.600. The van der Waals surface area contributed by atoms with Gasteiger partial charge in [-0.05, 0) is 0 Å². The summed E-state index contributed by atoms with van der Waals surface area (Å²) < 4.78 is 35.3. The molecule has 0 aromatic carbocycles. The fourth-order valence-corrected chi connectivity index (χ4v) is 3.00. The van der Waals surface area contributed by atoms with Gasteiger partial charge in [0.05, 0.1) is 25.1 Å². The van der Waals surface area contributed by atoms with Crippen LogP contribution in [0.25, 0.3) is 0 Å². The van der Waals surface area contributed by atoms with E-state index in [1.54, 1.807) is 6.07 Å². The summed E-state index contributed by atoms with van der Waals surface area (Å²) in [5.41, 5.74) is 0. The van der Waals surface area contributed by atoms with Gasteiger partial charge < -0.3 is 5.11 Å². The number of aliphatic hydroxyl groups is 1. The number of hydrogen-bond donors (Lipinski definition) is 1. The number of aliphatic hydroxyl groups excluding tert-OH is 1. The zero-order valence-corrected chi connectivity index (χ0v) is 10.9. The van der Waals surface area contributed by atoms with Crippen molar-refractivity contribution in [2.45, 2.75) is 13.0 Å². The minimum atomic E-state index is -4.58. The van der Waals surface area contributed by atoms with E-state index < -0.39 is 21.9 Å². The molecule has 0 radical (unpaired) electrons. The summed E-state index contributed by atoms with van der Waals surface area (Å²) in [6, 6.07) is 1.60. The van der Waals surface area contributed by atoms with Crippen LogP contribution >= 0.6 is 0 Å². The molecular weight excluding hydrogens is 277 g/mol. The number of aromatic nitrogens is 2. The normalized spacial score (nSPS) is 20.2. The Balaban J connectivity index is 2.13. The van der Waals surface area contributed by atoms with Gasteiger partial charge in [-0.15, -0.1) is 3.89 Å². The van der Waals surface area contributed by atoms with Gasteiger partial charge in [0.2, 0.25) is 5.91 Å². The molecule has 1 aromatic heterocycles. The Bertz CT molecular complexity index is 571. The number of amides is 1. The molecule has 1 aliphatic rings. The highest BCUT2D eigenvalue weighted by atomic mass is 32.3. The van der Waals surface area contributed by atoms with Gasteiger partial charge in [-0.1, -0.05) is 0 Å². The summed E-state index contributed by atoms with van der Waals surface area (Å²) in [4.78, 5) is 13.2. The molecule has 1 aliphatic heterocycles. The first-order chi connectivity index (χ1) is 8.90. The highest BCUT2D eigenvalue weighted by molar-refractivity contribution is 7.86. The average Bonchev–Trinajstić information content (AvgIpc) is 2.83. The average molecular weight is 291 g/mol. The van der Waals surface area contributed by atoms with Crippen molar-refractivity contribution in [3.05, 3.63) is 12.3 Å². The predicted octanol–water partition coefficient (Wildman–Crippen LogP) is -0.472. The van der Waals surface area contributed by atoms with Gasteiger partial charge in [0.25, 0.3) is 0 Å². The van der Waals surface area contributed by atoms with E-state index in [0.29, 0.717) is 5.82 Å². The number of rotatable bonds is 5. The Morgan fingerprint density at radius 2 is 2.26 bits per heavy atom. The van der Waals surface area contributed by atoms with Crippen LogP contribution in [-0.2, 0) is 21.6 Å². The quantitative estimate of drug-likeness (QED) is 0.740. The first-order valence-electron chi connectivity index (χ1n) is 5.76.